The molecule has 3 nitrogen and oxygen atoms in total. The molecule has 2 heterocycles. The van der Waals surface area contributed by atoms with Crippen molar-refractivity contribution in [3.63, 3.8) is 0 Å². The molecule has 114 valence electrons. The molecule has 0 aliphatic carbocycles. The summed E-state index contributed by atoms with van der Waals surface area (Å²) in [5, 5.41) is 10.5. The van der Waals surface area contributed by atoms with Crippen LogP contribution in [0.3, 0.4) is 0 Å². The van der Waals surface area contributed by atoms with Gasteiger partial charge in [-0.2, -0.15) is 5.10 Å². The highest BCUT2D eigenvalue weighted by atomic mass is 35.5. The van der Waals surface area contributed by atoms with E-state index in [1.807, 2.05) is 29.3 Å². The van der Waals surface area contributed by atoms with Gasteiger partial charge >= 0.3 is 0 Å². The third kappa shape index (κ3) is 2.80. The maximum Gasteiger partial charge on any atom is 0.189 e. The molecule has 0 atom stereocenters. The Morgan fingerprint density at radius 3 is 2.43 bits per heavy atom. The number of nitrogens with zero attached hydrogens (tertiary/aromatic N) is 3. The average Bonchev–Trinajstić information content (AvgIpc) is 2.99. The predicted octanol–water partition coefficient (Wildman–Crippen LogP) is 4.77. The molecule has 0 saturated carbocycles. The molecule has 4 rings (SSSR count). The summed E-state index contributed by atoms with van der Waals surface area (Å²) in [7, 11) is 0. The van der Waals surface area contributed by atoms with Crippen LogP contribution in [0, 0.1) is 6.92 Å². The van der Waals surface area contributed by atoms with E-state index in [1.165, 1.54) is 5.56 Å². The lowest BCUT2D eigenvalue weighted by atomic mass is 10.1. The number of rotatable bonds is 2. The largest absolute Gasteiger partial charge is 0.254 e. The molecule has 0 amide bonds. The first-order valence-corrected chi connectivity index (χ1v) is 8.58. The van der Waals surface area contributed by atoms with E-state index in [9.17, 15) is 0 Å². The summed E-state index contributed by atoms with van der Waals surface area (Å²) >= 11 is 7.58. The first kappa shape index (κ1) is 14.5. The highest BCUT2D eigenvalue weighted by Gasteiger charge is 2.27. The molecule has 5 heteroatoms. The summed E-state index contributed by atoms with van der Waals surface area (Å²) in [5.74, 6) is 0. The van der Waals surface area contributed by atoms with E-state index in [1.54, 1.807) is 11.8 Å². The Hall–Kier alpha value is -2.04. The van der Waals surface area contributed by atoms with E-state index >= 15 is 0 Å². The maximum atomic E-state index is 5.97. The molecule has 0 radical (unpaired) electrons. The number of fused-ring (bicyclic) bond motifs is 1. The summed E-state index contributed by atoms with van der Waals surface area (Å²) in [6.07, 6.45) is 0. The molecule has 0 aromatic heterocycles. The second-order valence-electron chi connectivity index (χ2n) is 5.45. The normalized spacial score (nSPS) is 16.6. The minimum atomic E-state index is 0.593. The van der Waals surface area contributed by atoms with Gasteiger partial charge in [0, 0.05) is 16.0 Å². The molecule has 0 saturated heterocycles. The van der Waals surface area contributed by atoms with Crippen molar-refractivity contribution in [2.24, 2.45) is 10.1 Å². The van der Waals surface area contributed by atoms with E-state index in [2.05, 4.69) is 41.6 Å². The summed E-state index contributed by atoms with van der Waals surface area (Å²) in [4.78, 5) is 4.65. The van der Waals surface area contributed by atoms with Gasteiger partial charge in [0.25, 0.3) is 0 Å². The summed E-state index contributed by atoms with van der Waals surface area (Å²) < 4.78 is 0. The zero-order valence-electron chi connectivity index (χ0n) is 12.5. The second-order valence-corrected chi connectivity index (χ2v) is 6.72. The lowest BCUT2D eigenvalue weighted by Gasteiger charge is -2.22. The van der Waals surface area contributed by atoms with Crippen LogP contribution in [-0.4, -0.2) is 22.4 Å². The third-order valence-corrected chi connectivity index (χ3v) is 4.90. The van der Waals surface area contributed by atoms with Crippen LogP contribution in [0.1, 0.15) is 16.7 Å². The van der Waals surface area contributed by atoms with Gasteiger partial charge in [-0.3, -0.25) is 4.99 Å². The van der Waals surface area contributed by atoms with Crippen LogP contribution in [0.4, 0.5) is 0 Å². The molecule has 2 aromatic rings. The van der Waals surface area contributed by atoms with Gasteiger partial charge in [-0.25, -0.2) is 5.01 Å². The molecular weight excluding hydrogens is 326 g/mol. The van der Waals surface area contributed by atoms with Crippen LogP contribution >= 0.6 is 23.4 Å². The summed E-state index contributed by atoms with van der Waals surface area (Å²) in [5.41, 5.74) is 5.47. The lowest BCUT2D eigenvalue weighted by molar-refractivity contribution is 0.633. The van der Waals surface area contributed by atoms with Crippen LogP contribution < -0.4 is 0 Å². The number of hydrogen-bond acceptors (Lipinski definition) is 4. The van der Waals surface area contributed by atoms with Crippen molar-refractivity contribution in [1.29, 1.82) is 0 Å². The predicted molar refractivity (Wildman–Crippen MR) is 98.9 cm³/mol. The molecule has 0 fully saturated rings. The highest BCUT2D eigenvalue weighted by Crippen LogP contribution is 2.35. The molecule has 0 bridgehead atoms. The fourth-order valence-corrected chi connectivity index (χ4v) is 3.47. The quantitative estimate of drug-likeness (QED) is 0.788. The first-order valence-electron chi connectivity index (χ1n) is 7.32. The SMILES string of the molecule is Cc1ccc(C2=CSC3=NCC(c4ccc(Cl)cc4)=NN23)cc1. The molecule has 23 heavy (non-hydrogen) atoms. The fraction of sp³-hybridized carbons (Fsp3) is 0.111. The molecular formula is C18H14ClN3S. The van der Waals surface area contributed by atoms with Crippen LogP contribution in [0.25, 0.3) is 5.70 Å². The zero-order valence-corrected chi connectivity index (χ0v) is 14.1. The Morgan fingerprint density at radius 1 is 1.00 bits per heavy atom. The minimum absolute atomic E-state index is 0.593. The van der Waals surface area contributed by atoms with Gasteiger partial charge < -0.3 is 0 Å². The second kappa shape index (κ2) is 5.87. The number of halogens is 1. The van der Waals surface area contributed by atoms with Crippen LogP contribution in [0.5, 0.6) is 0 Å². The molecule has 2 aromatic carbocycles. The number of aliphatic imine (C=N–C) groups is 1. The van der Waals surface area contributed by atoms with Gasteiger partial charge in [-0.05, 0) is 24.6 Å². The standard InChI is InChI=1S/C18H14ClN3S/c1-12-2-4-14(5-3-12)17-11-23-18-20-10-16(21-22(17)18)13-6-8-15(19)9-7-13/h2-9,11H,10H2,1H3. The monoisotopic (exact) mass is 339 g/mol. The van der Waals surface area contributed by atoms with E-state index in [-0.39, 0.29) is 0 Å². The number of thioether (sulfide) groups is 1. The summed E-state index contributed by atoms with van der Waals surface area (Å²) in [6.45, 7) is 2.68. The average molecular weight is 340 g/mol. The van der Waals surface area contributed by atoms with E-state index in [4.69, 9.17) is 16.7 Å². The number of hydrazone groups is 1. The van der Waals surface area contributed by atoms with Gasteiger partial charge in [-0.15, -0.1) is 0 Å². The van der Waals surface area contributed by atoms with Gasteiger partial charge in [-0.1, -0.05) is 65.3 Å². The Labute approximate surface area is 144 Å². The third-order valence-electron chi connectivity index (χ3n) is 3.79. The van der Waals surface area contributed by atoms with Crippen molar-refractivity contribution in [3.8, 4) is 0 Å². The van der Waals surface area contributed by atoms with Crippen molar-refractivity contribution < 1.29 is 0 Å². The zero-order chi connectivity index (χ0) is 15.8. The Balaban J connectivity index is 1.68. The Bertz CT molecular complexity index is 836. The van der Waals surface area contributed by atoms with E-state index in [0.29, 0.717) is 6.54 Å². The maximum absolute atomic E-state index is 5.97. The van der Waals surface area contributed by atoms with E-state index in [0.717, 1.165) is 32.7 Å². The van der Waals surface area contributed by atoms with Crippen LogP contribution in [-0.2, 0) is 0 Å². The number of aryl methyl sites for hydroxylation is 1. The van der Waals surface area contributed by atoms with Gasteiger partial charge in [0.2, 0.25) is 0 Å². The van der Waals surface area contributed by atoms with Crippen molar-refractivity contribution in [2.45, 2.75) is 6.92 Å². The molecule has 2 aliphatic heterocycles. The van der Waals surface area contributed by atoms with Crippen molar-refractivity contribution in [3.05, 3.63) is 75.7 Å². The molecule has 0 unspecified atom stereocenters. The van der Waals surface area contributed by atoms with Gasteiger partial charge in [0.15, 0.2) is 5.17 Å². The smallest absolute Gasteiger partial charge is 0.189 e. The minimum Gasteiger partial charge on any atom is -0.254 e. The molecule has 0 N–H and O–H groups in total. The topological polar surface area (TPSA) is 28.0 Å². The summed E-state index contributed by atoms with van der Waals surface area (Å²) in [6, 6.07) is 16.2. The first-order chi connectivity index (χ1) is 11.2. The van der Waals surface area contributed by atoms with Gasteiger partial charge in [0.05, 0.1) is 18.0 Å². The number of benzene rings is 2. The van der Waals surface area contributed by atoms with Gasteiger partial charge in [0.1, 0.15) is 0 Å². The number of hydrogen-bond donors (Lipinski definition) is 0. The molecule has 0 spiro atoms. The number of amidine groups is 1. The van der Waals surface area contributed by atoms with Crippen molar-refractivity contribution in [1.82, 2.24) is 5.01 Å². The molecule has 2 aliphatic rings. The highest BCUT2D eigenvalue weighted by molar-refractivity contribution is 8.16. The van der Waals surface area contributed by atoms with Crippen LogP contribution in [0.2, 0.25) is 5.02 Å². The Kier molecular flexibility index (Phi) is 3.71. The van der Waals surface area contributed by atoms with E-state index < -0.39 is 0 Å². The Morgan fingerprint density at radius 2 is 1.70 bits per heavy atom. The van der Waals surface area contributed by atoms with Crippen molar-refractivity contribution >= 4 is 39.9 Å². The van der Waals surface area contributed by atoms with Crippen molar-refractivity contribution in [2.75, 3.05) is 6.54 Å². The lowest BCUT2D eigenvalue weighted by Crippen LogP contribution is -2.26. The fourth-order valence-electron chi connectivity index (χ4n) is 2.51. The van der Waals surface area contributed by atoms with Crippen LogP contribution in [0.15, 0.2) is 64.0 Å².